The fraction of sp³-hybridized carbons (Fsp3) is 0.500. The lowest BCUT2D eigenvalue weighted by Crippen LogP contribution is -2.38. The summed E-state index contributed by atoms with van der Waals surface area (Å²) < 4.78 is 0. The average Bonchev–Trinajstić information content (AvgIpc) is 3.10. The van der Waals surface area contributed by atoms with Crippen LogP contribution in [0, 0.1) is 13.8 Å². The third kappa shape index (κ3) is 7.17. The minimum atomic E-state index is 0. The standard InChI is InChI=1S/C16H24N4S2.HI/c1-4-17-16(18-8-5-14-7-10-21-11-14)19-9-6-15-20-12(2)13(3)22-15;/h7,10-11H,4-6,8-9H2,1-3H3,(H2,17,18,19);1H. The number of aromatic nitrogens is 1. The van der Waals surface area contributed by atoms with Gasteiger partial charge in [0.15, 0.2) is 5.96 Å². The van der Waals surface area contributed by atoms with Crippen LogP contribution >= 0.6 is 46.7 Å². The van der Waals surface area contributed by atoms with Crippen LogP contribution in [0.25, 0.3) is 0 Å². The fourth-order valence-corrected chi connectivity index (χ4v) is 3.64. The normalized spacial score (nSPS) is 11.2. The van der Waals surface area contributed by atoms with Gasteiger partial charge in [-0.05, 0) is 49.6 Å². The predicted octanol–water partition coefficient (Wildman–Crippen LogP) is 3.78. The average molecular weight is 464 g/mol. The van der Waals surface area contributed by atoms with Crippen molar-refractivity contribution in [3.63, 3.8) is 0 Å². The number of rotatable bonds is 7. The van der Waals surface area contributed by atoms with E-state index < -0.39 is 0 Å². The van der Waals surface area contributed by atoms with Gasteiger partial charge in [-0.2, -0.15) is 11.3 Å². The zero-order valence-corrected chi connectivity index (χ0v) is 17.9. The summed E-state index contributed by atoms with van der Waals surface area (Å²) in [5, 5.41) is 12.2. The molecule has 2 aromatic heterocycles. The maximum absolute atomic E-state index is 4.63. The second kappa shape index (κ2) is 11.0. The molecular weight excluding hydrogens is 439 g/mol. The lowest BCUT2D eigenvalue weighted by Gasteiger charge is -2.10. The fourth-order valence-electron chi connectivity index (χ4n) is 2.01. The topological polar surface area (TPSA) is 49.3 Å². The first-order valence-electron chi connectivity index (χ1n) is 7.65. The van der Waals surface area contributed by atoms with Crippen molar-refractivity contribution in [1.82, 2.24) is 15.6 Å². The van der Waals surface area contributed by atoms with Gasteiger partial charge in [0, 0.05) is 30.9 Å². The van der Waals surface area contributed by atoms with E-state index in [2.05, 4.69) is 58.2 Å². The van der Waals surface area contributed by atoms with Gasteiger partial charge in [0.1, 0.15) is 0 Å². The van der Waals surface area contributed by atoms with Crippen molar-refractivity contribution in [1.29, 1.82) is 0 Å². The maximum atomic E-state index is 4.63. The van der Waals surface area contributed by atoms with Gasteiger partial charge in [-0.3, -0.25) is 4.99 Å². The molecular formula is C16H25IN4S2. The van der Waals surface area contributed by atoms with E-state index in [-0.39, 0.29) is 24.0 Å². The monoisotopic (exact) mass is 464 g/mol. The number of halogens is 1. The summed E-state index contributed by atoms with van der Waals surface area (Å²) in [6.07, 6.45) is 1.93. The number of guanidine groups is 1. The molecule has 0 aromatic carbocycles. The Hall–Kier alpha value is -0.670. The second-order valence-electron chi connectivity index (χ2n) is 5.07. The lowest BCUT2D eigenvalue weighted by molar-refractivity contribution is 0.797. The summed E-state index contributed by atoms with van der Waals surface area (Å²) in [5.74, 6) is 0.891. The van der Waals surface area contributed by atoms with Gasteiger partial charge in [0.2, 0.25) is 0 Å². The summed E-state index contributed by atoms with van der Waals surface area (Å²) in [7, 11) is 0. The molecule has 0 saturated heterocycles. The molecule has 0 unspecified atom stereocenters. The van der Waals surface area contributed by atoms with Gasteiger partial charge in [0.05, 0.1) is 10.7 Å². The molecule has 2 heterocycles. The van der Waals surface area contributed by atoms with Gasteiger partial charge in [0.25, 0.3) is 0 Å². The minimum absolute atomic E-state index is 0. The summed E-state index contributed by atoms with van der Waals surface area (Å²) in [6, 6.07) is 2.17. The number of nitrogens with zero attached hydrogens (tertiary/aromatic N) is 2. The minimum Gasteiger partial charge on any atom is -0.357 e. The van der Waals surface area contributed by atoms with Crippen molar-refractivity contribution in [3.8, 4) is 0 Å². The van der Waals surface area contributed by atoms with Crippen molar-refractivity contribution in [2.75, 3.05) is 19.6 Å². The highest BCUT2D eigenvalue weighted by Gasteiger charge is 2.03. The Kier molecular flexibility index (Phi) is 9.73. The Balaban J connectivity index is 0.00000264. The van der Waals surface area contributed by atoms with Crippen molar-refractivity contribution in [2.24, 2.45) is 4.99 Å². The van der Waals surface area contributed by atoms with Gasteiger partial charge in [-0.1, -0.05) is 0 Å². The molecule has 0 aliphatic rings. The van der Waals surface area contributed by atoms with Gasteiger partial charge < -0.3 is 10.6 Å². The van der Waals surface area contributed by atoms with Crippen LogP contribution in [-0.4, -0.2) is 30.6 Å². The molecule has 2 aromatic rings. The molecule has 0 amide bonds. The van der Waals surface area contributed by atoms with E-state index >= 15 is 0 Å². The Morgan fingerprint density at radius 2 is 2.09 bits per heavy atom. The lowest BCUT2D eigenvalue weighted by atomic mass is 10.2. The highest BCUT2D eigenvalue weighted by atomic mass is 127. The molecule has 2 N–H and O–H groups in total. The van der Waals surface area contributed by atoms with Gasteiger partial charge in [-0.15, -0.1) is 35.3 Å². The van der Waals surface area contributed by atoms with Crippen molar-refractivity contribution < 1.29 is 0 Å². The quantitative estimate of drug-likeness (QED) is 0.373. The van der Waals surface area contributed by atoms with Crippen LogP contribution in [0.15, 0.2) is 21.8 Å². The molecule has 128 valence electrons. The first kappa shape index (κ1) is 20.4. The molecule has 0 saturated carbocycles. The molecule has 0 radical (unpaired) electrons. The van der Waals surface area contributed by atoms with E-state index in [1.165, 1.54) is 15.4 Å². The highest BCUT2D eigenvalue weighted by molar-refractivity contribution is 14.0. The summed E-state index contributed by atoms with van der Waals surface area (Å²) in [6.45, 7) is 8.81. The van der Waals surface area contributed by atoms with Gasteiger partial charge >= 0.3 is 0 Å². The van der Waals surface area contributed by atoms with E-state index in [4.69, 9.17) is 0 Å². The van der Waals surface area contributed by atoms with Crippen LogP contribution in [-0.2, 0) is 12.8 Å². The third-order valence-electron chi connectivity index (χ3n) is 3.30. The molecule has 2 rings (SSSR count). The van der Waals surface area contributed by atoms with E-state index in [1.807, 2.05) is 0 Å². The Morgan fingerprint density at radius 3 is 2.70 bits per heavy atom. The SMILES string of the molecule is CCNC(=NCCc1nc(C)c(C)s1)NCCc1ccsc1.I. The highest BCUT2D eigenvalue weighted by Crippen LogP contribution is 2.16. The number of hydrogen-bond acceptors (Lipinski definition) is 4. The summed E-state index contributed by atoms with van der Waals surface area (Å²) >= 11 is 3.52. The molecule has 0 fully saturated rings. The molecule has 0 aliphatic heterocycles. The number of hydrogen-bond donors (Lipinski definition) is 2. The first-order valence-corrected chi connectivity index (χ1v) is 9.41. The van der Waals surface area contributed by atoms with Crippen molar-refractivity contribution >= 4 is 52.6 Å². The first-order chi connectivity index (χ1) is 10.7. The molecule has 0 atom stereocenters. The van der Waals surface area contributed by atoms with Crippen molar-refractivity contribution in [2.45, 2.75) is 33.6 Å². The van der Waals surface area contributed by atoms with Crippen LogP contribution in [0.4, 0.5) is 0 Å². The van der Waals surface area contributed by atoms with Gasteiger partial charge in [-0.25, -0.2) is 4.98 Å². The van der Waals surface area contributed by atoms with E-state index in [0.717, 1.165) is 44.1 Å². The Labute approximate surface area is 163 Å². The van der Waals surface area contributed by atoms with E-state index in [9.17, 15) is 0 Å². The number of thiophene rings is 1. The molecule has 7 heteroatoms. The molecule has 0 aliphatic carbocycles. The predicted molar refractivity (Wildman–Crippen MR) is 113 cm³/mol. The molecule has 23 heavy (non-hydrogen) atoms. The summed E-state index contributed by atoms with van der Waals surface area (Å²) in [5.41, 5.74) is 2.52. The second-order valence-corrected chi connectivity index (χ2v) is 7.14. The molecule has 4 nitrogen and oxygen atoms in total. The van der Waals surface area contributed by atoms with Crippen LogP contribution in [0.1, 0.15) is 28.1 Å². The number of thiazole rings is 1. The Morgan fingerprint density at radius 1 is 1.26 bits per heavy atom. The smallest absolute Gasteiger partial charge is 0.191 e. The third-order valence-corrected chi connectivity index (χ3v) is 5.16. The Bertz CT molecular complexity index is 574. The number of aliphatic imine (C=N–C) groups is 1. The summed E-state index contributed by atoms with van der Waals surface area (Å²) in [4.78, 5) is 10.5. The van der Waals surface area contributed by atoms with Crippen molar-refractivity contribution in [3.05, 3.63) is 38.0 Å². The van der Waals surface area contributed by atoms with Crippen LogP contribution in [0.3, 0.4) is 0 Å². The molecule has 0 spiro atoms. The number of aryl methyl sites for hydroxylation is 2. The van der Waals surface area contributed by atoms with E-state index in [0.29, 0.717) is 0 Å². The van der Waals surface area contributed by atoms with Crippen LogP contribution < -0.4 is 10.6 Å². The largest absolute Gasteiger partial charge is 0.357 e. The zero-order chi connectivity index (χ0) is 15.8. The van der Waals surface area contributed by atoms with E-state index in [1.54, 1.807) is 22.7 Å². The zero-order valence-electron chi connectivity index (χ0n) is 13.9. The van der Waals surface area contributed by atoms with Crippen LogP contribution in [0.5, 0.6) is 0 Å². The van der Waals surface area contributed by atoms with Crippen LogP contribution in [0.2, 0.25) is 0 Å². The number of nitrogens with one attached hydrogen (secondary N) is 2. The maximum Gasteiger partial charge on any atom is 0.191 e. The molecule has 0 bridgehead atoms.